The standard InChI is InChI=1S/C18H16ClN5O/c1-10-8-13(6-5-7-20)11(2)12(3)15(10)25-17-14-9-24(4)23-16(14)21-18(19)22-17/h5-6,8-9H,1-4H3/b6-5+. The molecule has 7 heteroatoms. The van der Waals surface area contributed by atoms with Crippen molar-refractivity contribution in [3.8, 4) is 17.7 Å². The van der Waals surface area contributed by atoms with Crippen LogP contribution in [0.3, 0.4) is 0 Å². The number of aromatic nitrogens is 4. The van der Waals surface area contributed by atoms with Crippen LogP contribution in [0.25, 0.3) is 17.1 Å². The first-order valence-corrected chi connectivity index (χ1v) is 8.00. The molecule has 0 fully saturated rings. The predicted octanol–water partition coefficient (Wildman–Crippen LogP) is 4.27. The van der Waals surface area contributed by atoms with Crippen LogP contribution in [0, 0.1) is 32.1 Å². The number of nitrogens with zero attached hydrogens (tertiary/aromatic N) is 5. The first-order chi connectivity index (χ1) is 11.9. The maximum atomic E-state index is 8.74. The van der Waals surface area contributed by atoms with Gasteiger partial charge in [0.1, 0.15) is 11.1 Å². The van der Waals surface area contributed by atoms with Gasteiger partial charge in [-0.3, -0.25) is 4.68 Å². The van der Waals surface area contributed by atoms with Gasteiger partial charge in [0, 0.05) is 19.3 Å². The van der Waals surface area contributed by atoms with Crippen LogP contribution in [0.1, 0.15) is 22.3 Å². The van der Waals surface area contributed by atoms with Gasteiger partial charge < -0.3 is 4.74 Å². The lowest BCUT2D eigenvalue weighted by Gasteiger charge is -2.15. The molecule has 0 bridgehead atoms. The van der Waals surface area contributed by atoms with E-state index in [1.807, 2.05) is 32.9 Å². The van der Waals surface area contributed by atoms with Crippen molar-refractivity contribution in [1.29, 1.82) is 5.26 Å². The zero-order chi connectivity index (χ0) is 18.1. The second-order valence-corrected chi connectivity index (χ2v) is 6.10. The largest absolute Gasteiger partial charge is 0.438 e. The van der Waals surface area contributed by atoms with Crippen LogP contribution in [-0.4, -0.2) is 19.7 Å². The van der Waals surface area contributed by atoms with E-state index in [0.29, 0.717) is 22.7 Å². The summed E-state index contributed by atoms with van der Waals surface area (Å²) in [6.07, 6.45) is 5.05. The van der Waals surface area contributed by atoms with Gasteiger partial charge in [0.15, 0.2) is 5.65 Å². The summed E-state index contributed by atoms with van der Waals surface area (Å²) in [4.78, 5) is 8.33. The van der Waals surface area contributed by atoms with E-state index in [9.17, 15) is 0 Å². The summed E-state index contributed by atoms with van der Waals surface area (Å²) in [5.41, 5.74) is 4.42. The van der Waals surface area contributed by atoms with E-state index in [-0.39, 0.29) is 5.28 Å². The molecule has 3 aromatic rings. The van der Waals surface area contributed by atoms with Crippen LogP contribution in [0.4, 0.5) is 0 Å². The number of benzene rings is 1. The Morgan fingerprint density at radius 2 is 2.00 bits per heavy atom. The summed E-state index contributed by atoms with van der Waals surface area (Å²) < 4.78 is 7.75. The fraction of sp³-hybridized carbons (Fsp3) is 0.222. The molecule has 1 aromatic carbocycles. The Kier molecular flexibility index (Phi) is 4.43. The van der Waals surface area contributed by atoms with E-state index < -0.39 is 0 Å². The molecule has 25 heavy (non-hydrogen) atoms. The third-order valence-corrected chi connectivity index (χ3v) is 4.20. The van der Waals surface area contributed by atoms with E-state index in [2.05, 4.69) is 15.1 Å². The van der Waals surface area contributed by atoms with Crippen LogP contribution in [-0.2, 0) is 7.05 Å². The van der Waals surface area contributed by atoms with E-state index in [1.54, 1.807) is 24.0 Å². The third kappa shape index (κ3) is 3.19. The maximum Gasteiger partial charge on any atom is 0.234 e. The molecule has 0 amide bonds. The topological polar surface area (TPSA) is 76.6 Å². The molecule has 0 aliphatic heterocycles. The summed E-state index contributed by atoms with van der Waals surface area (Å²) in [5.74, 6) is 1.08. The third-order valence-electron chi connectivity index (χ3n) is 4.03. The quantitative estimate of drug-likeness (QED) is 0.519. The van der Waals surface area contributed by atoms with Gasteiger partial charge in [0.25, 0.3) is 0 Å². The Morgan fingerprint density at radius 3 is 2.72 bits per heavy atom. The number of fused-ring (bicyclic) bond motifs is 1. The molecule has 0 saturated heterocycles. The zero-order valence-corrected chi connectivity index (χ0v) is 15.1. The van der Waals surface area contributed by atoms with Gasteiger partial charge in [0.05, 0.1) is 6.07 Å². The zero-order valence-electron chi connectivity index (χ0n) is 14.3. The number of rotatable bonds is 3. The fourth-order valence-electron chi connectivity index (χ4n) is 2.69. The molecule has 0 aliphatic carbocycles. The Hall–Kier alpha value is -2.91. The van der Waals surface area contributed by atoms with Gasteiger partial charge >= 0.3 is 0 Å². The molecule has 2 heterocycles. The summed E-state index contributed by atoms with van der Waals surface area (Å²) in [7, 11) is 1.80. The first-order valence-electron chi connectivity index (χ1n) is 7.62. The highest BCUT2D eigenvalue weighted by Gasteiger charge is 2.16. The van der Waals surface area contributed by atoms with Crippen LogP contribution >= 0.6 is 11.6 Å². The van der Waals surface area contributed by atoms with Crippen molar-refractivity contribution < 1.29 is 4.74 Å². The minimum atomic E-state index is 0.0850. The molecule has 2 aromatic heterocycles. The van der Waals surface area contributed by atoms with Crippen LogP contribution in [0.2, 0.25) is 5.28 Å². The van der Waals surface area contributed by atoms with Crippen molar-refractivity contribution in [3.63, 3.8) is 0 Å². The normalized spacial score (nSPS) is 11.2. The Balaban J connectivity index is 2.12. The molecule has 3 rings (SSSR count). The molecule has 0 aliphatic rings. The lowest BCUT2D eigenvalue weighted by Crippen LogP contribution is -1.98. The number of hydrogen-bond acceptors (Lipinski definition) is 5. The second kappa shape index (κ2) is 6.54. The second-order valence-electron chi connectivity index (χ2n) is 5.76. The smallest absolute Gasteiger partial charge is 0.234 e. The summed E-state index contributed by atoms with van der Waals surface area (Å²) >= 11 is 6.00. The number of aryl methyl sites for hydroxylation is 2. The van der Waals surface area contributed by atoms with E-state index in [4.69, 9.17) is 21.6 Å². The molecule has 0 unspecified atom stereocenters. The van der Waals surface area contributed by atoms with Crippen molar-refractivity contribution in [3.05, 3.63) is 45.9 Å². The summed E-state index contributed by atoms with van der Waals surface area (Å²) in [5, 5.41) is 13.8. The fourth-order valence-corrected chi connectivity index (χ4v) is 2.84. The van der Waals surface area contributed by atoms with Crippen LogP contribution in [0.15, 0.2) is 18.3 Å². The molecule has 0 saturated carbocycles. The number of hydrogen-bond donors (Lipinski definition) is 0. The van der Waals surface area contributed by atoms with Crippen molar-refractivity contribution in [1.82, 2.24) is 19.7 Å². The average molecular weight is 354 g/mol. The molecule has 0 radical (unpaired) electrons. The van der Waals surface area contributed by atoms with Gasteiger partial charge in [-0.25, -0.2) is 0 Å². The SMILES string of the molecule is Cc1cc(/C=C/C#N)c(C)c(C)c1Oc1nc(Cl)nc2nn(C)cc12. The van der Waals surface area contributed by atoms with E-state index >= 15 is 0 Å². The van der Waals surface area contributed by atoms with Gasteiger partial charge in [-0.15, -0.1) is 0 Å². The van der Waals surface area contributed by atoms with Crippen molar-refractivity contribution in [2.24, 2.45) is 7.05 Å². The molecule has 0 atom stereocenters. The molecular formula is C18H16ClN5O. The van der Waals surface area contributed by atoms with E-state index in [1.165, 1.54) is 6.08 Å². The summed E-state index contributed by atoms with van der Waals surface area (Å²) in [6.45, 7) is 5.92. The Labute approximate surface area is 150 Å². The number of ether oxygens (including phenoxy) is 1. The molecule has 126 valence electrons. The van der Waals surface area contributed by atoms with Gasteiger partial charge in [-0.1, -0.05) is 0 Å². The van der Waals surface area contributed by atoms with Crippen LogP contribution < -0.4 is 4.74 Å². The highest BCUT2D eigenvalue weighted by molar-refractivity contribution is 6.28. The van der Waals surface area contributed by atoms with Gasteiger partial charge in [0.2, 0.25) is 11.2 Å². The maximum absolute atomic E-state index is 8.74. The van der Waals surface area contributed by atoms with Crippen molar-refractivity contribution in [2.75, 3.05) is 0 Å². The first kappa shape index (κ1) is 16.9. The van der Waals surface area contributed by atoms with Crippen molar-refractivity contribution >= 4 is 28.7 Å². The minimum absolute atomic E-state index is 0.0850. The van der Waals surface area contributed by atoms with Crippen molar-refractivity contribution in [2.45, 2.75) is 20.8 Å². The highest BCUT2D eigenvalue weighted by Crippen LogP contribution is 2.35. The average Bonchev–Trinajstić information content (AvgIpc) is 2.93. The minimum Gasteiger partial charge on any atom is -0.438 e. The van der Waals surface area contributed by atoms with Crippen LogP contribution in [0.5, 0.6) is 11.6 Å². The van der Waals surface area contributed by atoms with Gasteiger partial charge in [-0.2, -0.15) is 20.3 Å². The monoisotopic (exact) mass is 353 g/mol. The Bertz CT molecular complexity index is 1050. The number of halogens is 1. The van der Waals surface area contributed by atoms with E-state index in [0.717, 1.165) is 22.3 Å². The summed E-state index contributed by atoms with van der Waals surface area (Å²) in [6, 6.07) is 3.99. The number of nitriles is 1. The lowest BCUT2D eigenvalue weighted by molar-refractivity contribution is 0.460. The Morgan fingerprint density at radius 1 is 1.24 bits per heavy atom. The number of allylic oxidation sites excluding steroid dienone is 1. The lowest BCUT2D eigenvalue weighted by atomic mass is 9.98. The molecule has 0 N–H and O–H groups in total. The molecular weight excluding hydrogens is 338 g/mol. The molecule has 6 nitrogen and oxygen atoms in total. The highest BCUT2D eigenvalue weighted by atomic mass is 35.5. The molecule has 0 spiro atoms. The van der Waals surface area contributed by atoms with Gasteiger partial charge in [-0.05, 0) is 66.8 Å². The predicted molar refractivity (Wildman–Crippen MR) is 96.7 cm³/mol.